The van der Waals surface area contributed by atoms with E-state index in [1.165, 1.54) is 18.2 Å². The largest absolute Gasteiger partial charge is 0.352 e. The molecule has 8 heteroatoms. The molecule has 2 aliphatic heterocycles. The third kappa shape index (κ3) is 3.68. The van der Waals surface area contributed by atoms with Gasteiger partial charge in [-0.15, -0.1) is 0 Å². The molecule has 4 rings (SSSR count). The Kier molecular flexibility index (Phi) is 5.31. The van der Waals surface area contributed by atoms with Crippen molar-refractivity contribution >= 4 is 23.6 Å². The molecule has 0 bridgehead atoms. The molecule has 0 saturated carbocycles. The summed E-state index contributed by atoms with van der Waals surface area (Å²) in [7, 11) is 0. The van der Waals surface area contributed by atoms with E-state index >= 15 is 0 Å². The highest BCUT2D eigenvalue weighted by Gasteiger charge is 2.36. The van der Waals surface area contributed by atoms with Crippen LogP contribution < -0.4 is 5.32 Å². The zero-order valence-corrected chi connectivity index (χ0v) is 16.1. The van der Waals surface area contributed by atoms with Crippen LogP contribution in [0.5, 0.6) is 0 Å². The first kappa shape index (κ1) is 19.8. The van der Waals surface area contributed by atoms with Crippen LogP contribution in [0.2, 0.25) is 0 Å². The molecule has 154 valence electrons. The van der Waals surface area contributed by atoms with Crippen LogP contribution in [0, 0.1) is 5.82 Å². The van der Waals surface area contributed by atoms with Gasteiger partial charge < -0.3 is 10.2 Å². The Hall–Kier alpha value is -3.55. The van der Waals surface area contributed by atoms with Crippen molar-refractivity contribution in [2.24, 2.45) is 0 Å². The minimum atomic E-state index is -0.557. The molecule has 2 aromatic carbocycles. The van der Waals surface area contributed by atoms with Gasteiger partial charge >= 0.3 is 0 Å². The SMILES string of the molecule is O=C(CN1C(=O)c2ccccc2C1=O)NC1CCN(C(=O)c2ccccc2F)CC1. The number of piperidine rings is 1. The van der Waals surface area contributed by atoms with Crippen LogP contribution in [-0.2, 0) is 4.79 Å². The lowest BCUT2D eigenvalue weighted by molar-refractivity contribution is -0.122. The molecule has 4 amide bonds. The highest BCUT2D eigenvalue weighted by molar-refractivity contribution is 6.22. The van der Waals surface area contributed by atoms with Crippen molar-refractivity contribution in [3.63, 3.8) is 0 Å². The molecule has 0 aromatic heterocycles. The first-order valence-corrected chi connectivity index (χ1v) is 9.74. The molecule has 30 heavy (non-hydrogen) atoms. The Morgan fingerprint density at radius 2 is 1.50 bits per heavy atom. The van der Waals surface area contributed by atoms with E-state index in [4.69, 9.17) is 0 Å². The second-order valence-electron chi connectivity index (χ2n) is 7.36. The summed E-state index contributed by atoms with van der Waals surface area (Å²) < 4.78 is 13.8. The van der Waals surface area contributed by atoms with E-state index in [1.54, 1.807) is 35.2 Å². The number of halogens is 1. The van der Waals surface area contributed by atoms with Gasteiger partial charge in [-0.2, -0.15) is 0 Å². The number of imide groups is 1. The average molecular weight is 409 g/mol. The number of benzene rings is 2. The Balaban J connectivity index is 1.30. The van der Waals surface area contributed by atoms with E-state index in [0.29, 0.717) is 37.1 Å². The quantitative estimate of drug-likeness (QED) is 0.781. The maximum Gasteiger partial charge on any atom is 0.262 e. The molecule has 1 fully saturated rings. The number of rotatable bonds is 4. The van der Waals surface area contributed by atoms with E-state index in [2.05, 4.69) is 5.32 Å². The van der Waals surface area contributed by atoms with Crippen molar-refractivity contribution in [3.05, 3.63) is 71.0 Å². The van der Waals surface area contributed by atoms with Crippen molar-refractivity contribution in [2.75, 3.05) is 19.6 Å². The lowest BCUT2D eigenvalue weighted by Crippen LogP contribution is -2.49. The van der Waals surface area contributed by atoms with E-state index in [9.17, 15) is 23.6 Å². The summed E-state index contributed by atoms with van der Waals surface area (Å²) in [6.45, 7) is 0.414. The Morgan fingerprint density at radius 1 is 0.933 bits per heavy atom. The first-order valence-electron chi connectivity index (χ1n) is 9.74. The van der Waals surface area contributed by atoms with Gasteiger partial charge in [0, 0.05) is 19.1 Å². The molecule has 0 atom stereocenters. The van der Waals surface area contributed by atoms with Crippen LogP contribution in [0.1, 0.15) is 43.9 Å². The number of fused-ring (bicyclic) bond motifs is 1. The predicted octanol–water partition coefficient (Wildman–Crippen LogP) is 1.84. The second kappa shape index (κ2) is 8.06. The summed E-state index contributed by atoms with van der Waals surface area (Å²) in [4.78, 5) is 52.1. The molecule has 1 saturated heterocycles. The third-order valence-electron chi connectivity index (χ3n) is 5.43. The molecule has 0 aliphatic carbocycles. The Bertz CT molecular complexity index is 996. The summed E-state index contributed by atoms with van der Waals surface area (Å²) in [5.41, 5.74) is 0.635. The number of carbonyl (C=O) groups excluding carboxylic acids is 4. The van der Waals surface area contributed by atoms with Crippen LogP contribution in [0.25, 0.3) is 0 Å². The van der Waals surface area contributed by atoms with E-state index in [-0.39, 0.29) is 24.1 Å². The summed E-state index contributed by atoms with van der Waals surface area (Å²) >= 11 is 0. The van der Waals surface area contributed by atoms with Crippen molar-refractivity contribution in [1.82, 2.24) is 15.1 Å². The molecule has 0 unspecified atom stereocenters. The van der Waals surface area contributed by atoms with Gasteiger partial charge in [-0.05, 0) is 37.1 Å². The molecule has 2 aromatic rings. The molecule has 7 nitrogen and oxygen atoms in total. The number of nitrogens with zero attached hydrogens (tertiary/aromatic N) is 2. The lowest BCUT2D eigenvalue weighted by Gasteiger charge is -2.32. The van der Waals surface area contributed by atoms with Crippen molar-refractivity contribution in [1.29, 1.82) is 0 Å². The number of amides is 4. The molecule has 0 radical (unpaired) electrons. The van der Waals surface area contributed by atoms with Gasteiger partial charge in [-0.1, -0.05) is 24.3 Å². The van der Waals surface area contributed by atoms with Gasteiger partial charge in [-0.3, -0.25) is 24.1 Å². The number of likely N-dealkylation sites (tertiary alicyclic amines) is 1. The van der Waals surface area contributed by atoms with Gasteiger partial charge in [0.2, 0.25) is 5.91 Å². The highest BCUT2D eigenvalue weighted by atomic mass is 19.1. The number of hydrogen-bond donors (Lipinski definition) is 1. The summed E-state index contributed by atoms with van der Waals surface area (Å²) in [5, 5.41) is 2.83. The molecular weight excluding hydrogens is 389 g/mol. The maximum atomic E-state index is 13.8. The van der Waals surface area contributed by atoms with Crippen LogP contribution in [0.15, 0.2) is 48.5 Å². The normalized spacial score (nSPS) is 16.6. The predicted molar refractivity (Wildman–Crippen MR) is 105 cm³/mol. The van der Waals surface area contributed by atoms with Gasteiger partial charge in [0.05, 0.1) is 16.7 Å². The fourth-order valence-electron chi connectivity index (χ4n) is 3.83. The van der Waals surface area contributed by atoms with Crippen LogP contribution in [-0.4, -0.2) is 59.1 Å². The molecular formula is C22H20FN3O4. The smallest absolute Gasteiger partial charge is 0.262 e. The van der Waals surface area contributed by atoms with E-state index < -0.39 is 23.5 Å². The number of carbonyl (C=O) groups is 4. The monoisotopic (exact) mass is 409 g/mol. The standard InChI is InChI=1S/C22H20FN3O4/c23-18-8-4-3-7-17(18)20(28)25-11-9-14(10-12-25)24-19(27)13-26-21(29)15-5-1-2-6-16(15)22(26)30/h1-8,14H,9-13H2,(H,24,27). The second-order valence-corrected chi connectivity index (χ2v) is 7.36. The molecule has 2 aliphatic rings. The minimum absolute atomic E-state index is 0.0330. The topological polar surface area (TPSA) is 86.8 Å². The van der Waals surface area contributed by atoms with Crippen LogP contribution >= 0.6 is 0 Å². The van der Waals surface area contributed by atoms with Gasteiger partial charge in [0.1, 0.15) is 12.4 Å². The fourth-order valence-corrected chi connectivity index (χ4v) is 3.83. The van der Waals surface area contributed by atoms with Gasteiger partial charge in [0.25, 0.3) is 17.7 Å². The third-order valence-corrected chi connectivity index (χ3v) is 5.43. The Labute approximate surface area is 172 Å². The summed E-state index contributed by atoms with van der Waals surface area (Å²) in [6.07, 6.45) is 1.02. The van der Waals surface area contributed by atoms with Crippen LogP contribution in [0.3, 0.4) is 0 Å². The minimum Gasteiger partial charge on any atom is -0.352 e. The number of nitrogens with one attached hydrogen (secondary N) is 1. The average Bonchev–Trinajstić information content (AvgIpc) is 2.99. The van der Waals surface area contributed by atoms with Crippen molar-refractivity contribution < 1.29 is 23.6 Å². The van der Waals surface area contributed by atoms with E-state index in [0.717, 1.165) is 4.90 Å². The zero-order chi connectivity index (χ0) is 21.3. The van der Waals surface area contributed by atoms with Gasteiger partial charge in [0.15, 0.2) is 0 Å². The van der Waals surface area contributed by atoms with Crippen LogP contribution in [0.4, 0.5) is 4.39 Å². The van der Waals surface area contributed by atoms with Crippen molar-refractivity contribution in [2.45, 2.75) is 18.9 Å². The molecule has 0 spiro atoms. The van der Waals surface area contributed by atoms with Crippen molar-refractivity contribution in [3.8, 4) is 0 Å². The summed E-state index contributed by atoms with van der Waals surface area (Å²) in [6, 6.07) is 12.1. The van der Waals surface area contributed by atoms with E-state index in [1.807, 2.05) is 0 Å². The zero-order valence-electron chi connectivity index (χ0n) is 16.1. The first-order chi connectivity index (χ1) is 14.5. The highest BCUT2D eigenvalue weighted by Crippen LogP contribution is 2.22. The molecule has 2 heterocycles. The maximum absolute atomic E-state index is 13.8. The molecule has 1 N–H and O–H groups in total. The summed E-state index contributed by atoms with van der Waals surface area (Å²) in [5.74, 6) is -2.31. The fraction of sp³-hybridized carbons (Fsp3) is 0.273. The van der Waals surface area contributed by atoms with Gasteiger partial charge in [-0.25, -0.2) is 4.39 Å². The number of hydrogen-bond acceptors (Lipinski definition) is 4. The lowest BCUT2D eigenvalue weighted by atomic mass is 10.0. The Morgan fingerprint density at radius 3 is 2.10 bits per heavy atom.